The number of alkyl halides is 3. The molecule has 2 heterocycles. The number of nitrogen functional groups attached to an aromatic ring is 1. The van der Waals surface area contributed by atoms with E-state index in [9.17, 15) is 21.6 Å². The number of hydrogen-bond acceptors (Lipinski definition) is 7. The average Bonchev–Trinajstić information content (AvgIpc) is 3.11. The van der Waals surface area contributed by atoms with Gasteiger partial charge in [-0.2, -0.15) is 13.2 Å². The Bertz CT molecular complexity index is 1290. The van der Waals surface area contributed by atoms with Crippen molar-refractivity contribution in [1.29, 1.82) is 0 Å². The molecule has 0 amide bonds. The molecule has 4 N–H and O–H groups in total. The van der Waals surface area contributed by atoms with Gasteiger partial charge in [0.15, 0.2) is 0 Å². The third kappa shape index (κ3) is 5.81. The van der Waals surface area contributed by atoms with Gasteiger partial charge in [0.2, 0.25) is 16.0 Å². The molecule has 0 spiro atoms. The Morgan fingerprint density at radius 2 is 1.82 bits per heavy atom. The maximum atomic E-state index is 13.1. The summed E-state index contributed by atoms with van der Waals surface area (Å²) in [4.78, 5) is 13.4. The highest BCUT2D eigenvalue weighted by molar-refractivity contribution is 7.89. The number of primary sulfonamides is 1. The van der Waals surface area contributed by atoms with Crippen LogP contribution in [0.3, 0.4) is 0 Å². The fraction of sp³-hybridized carbons (Fsp3) is 0.350. The summed E-state index contributed by atoms with van der Waals surface area (Å²) in [5.74, 6) is 0.0310. The van der Waals surface area contributed by atoms with Gasteiger partial charge in [-0.25, -0.2) is 28.5 Å². The topological polar surface area (TPSA) is 125 Å². The Balaban J connectivity index is 2.27. The number of aromatic nitrogens is 3. The normalized spacial score (nSPS) is 13.8. The zero-order chi connectivity index (χ0) is 24.8. The molecule has 1 aromatic carbocycles. The van der Waals surface area contributed by atoms with Crippen molar-refractivity contribution in [3.8, 4) is 21.8 Å². The first-order chi connectivity index (χ1) is 15.1. The first-order valence-electron chi connectivity index (χ1n) is 9.55. The molecule has 3 aromatic rings. The molecule has 0 fully saturated rings. The summed E-state index contributed by atoms with van der Waals surface area (Å²) in [5, 5.41) is 3.61. The Labute approximate surface area is 198 Å². The van der Waals surface area contributed by atoms with Crippen molar-refractivity contribution in [1.82, 2.24) is 15.0 Å². The quantitative estimate of drug-likeness (QED) is 0.484. The van der Waals surface area contributed by atoms with Gasteiger partial charge >= 0.3 is 6.18 Å². The molecule has 0 saturated carbocycles. The largest absolute Gasteiger partial charge is 0.390 e. The first kappa shape index (κ1) is 25.3. The summed E-state index contributed by atoms with van der Waals surface area (Å²) in [6.07, 6.45) is -4.98. The molecular weight excluding hydrogens is 499 g/mol. The summed E-state index contributed by atoms with van der Waals surface area (Å²) in [5.41, 5.74) is 6.15. The van der Waals surface area contributed by atoms with E-state index in [0.717, 1.165) is 0 Å². The van der Waals surface area contributed by atoms with Gasteiger partial charge < -0.3 is 5.73 Å². The maximum Gasteiger partial charge on any atom is 0.390 e. The number of rotatable bonds is 5. The van der Waals surface area contributed by atoms with E-state index in [0.29, 0.717) is 21.3 Å². The average molecular weight is 520 g/mol. The highest BCUT2D eigenvalue weighted by Crippen LogP contribution is 2.45. The van der Waals surface area contributed by atoms with Gasteiger partial charge in [-0.3, -0.25) is 0 Å². The lowest BCUT2D eigenvalue weighted by Gasteiger charge is -2.19. The van der Waals surface area contributed by atoms with Gasteiger partial charge in [-0.15, -0.1) is 11.3 Å². The number of hydrogen-bond donors (Lipinski definition) is 2. The van der Waals surface area contributed by atoms with Crippen LogP contribution >= 0.6 is 22.9 Å². The molecule has 0 radical (unpaired) electrons. The standard InChI is InChI=1S/C20H21ClF3N5O2S2/c1-19(2,3)17-29-15(16(32-17)12-7-8-27-18(25)28-12)11-6-4-5-10(14(11)21)13(33(26,30)31)9-20(22,23)24/h4-8,13H,9H2,1-3H3,(H2,25,27,28)(H2,26,30,31). The van der Waals surface area contributed by atoms with Crippen LogP contribution in [0.1, 0.15) is 43.0 Å². The van der Waals surface area contributed by atoms with Crippen molar-refractivity contribution >= 4 is 38.9 Å². The summed E-state index contributed by atoms with van der Waals surface area (Å²) in [7, 11) is -4.62. The van der Waals surface area contributed by atoms with Crippen molar-refractivity contribution in [3.05, 3.63) is 46.1 Å². The summed E-state index contributed by atoms with van der Waals surface area (Å²) in [6.45, 7) is 5.85. The van der Waals surface area contributed by atoms with E-state index in [2.05, 4.69) is 15.0 Å². The molecule has 33 heavy (non-hydrogen) atoms. The van der Waals surface area contributed by atoms with Crippen LogP contribution < -0.4 is 10.9 Å². The van der Waals surface area contributed by atoms with E-state index < -0.39 is 27.9 Å². The highest BCUT2D eigenvalue weighted by Gasteiger charge is 2.39. The van der Waals surface area contributed by atoms with E-state index in [1.165, 1.54) is 29.7 Å². The Kier molecular flexibility index (Phi) is 6.77. The predicted octanol–water partition coefficient (Wildman–Crippen LogP) is 5.08. The molecule has 0 bridgehead atoms. The van der Waals surface area contributed by atoms with Crippen LogP contribution in [-0.2, 0) is 15.4 Å². The lowest BCUT2D eigenvalue weighted by Crippen LogP contribution is -2.27. The van der Waals surface area contributed by atoms with Crippen LogP contribution in [0.15, 0.2) is 30.5 Å². The lowest BCUT2D eigenvalue weighted by molar-refractivity contribution is -0.134. The van der Waals surface area contributed by atoms with Gasteiger partial charge in [0.05, 0.1) is 32.7 Å². The van der Waals surface area contributed by atoms with Crippen molar-refractivity contribution in [2.24, 2.45) is 5.14 Å². The smallest absolute Gasteiger partial charge is 0.368 e. The van der Waals surface area contributed by atoms with Crippen LogP contribution in [0.2, 0.25) is 5.02 Å². The molecule has 0 saturated heterocycles. The maximum absolute atomic E-state index is 13.1. The van der Waals surface area contributed by atoms with Crippen LogP contribution in [0.25, 0.3) is 21.8 Å². The Hall–Kier alpha value is -2.28. The molecule has 2 aromatic heterocycles. The van der Waals surface area contributed by atoms with Gasteiger partial charge in [0.1, 0.15) is 5.25 Å². The van der Waals surface area contributed by atoms with Crippen LogP contribution in [-0.4, -0.2) is 29.5 Å². The molecule has 13 heteroatoms. The number of nitrogens with zero attached hydrogens (tertiary/aromatic N) is 3. The molecule has 178 valence electrons. The second-order valence-corrected chi connectivity index (χ2v) is 11.5. The van der Waals surface area contributed by atoms with E-state index in [1.54, 1.807) is 12.1 Å². The van der Waals surface area contributed by atoms with Crippen molar-refractivity contribution in [2.75, 3.05) is 5.73 Å². The van der Waals surface area contributed by atoms with Crippen molar-refractivity contribution in [2.45, 2.75) is 44.0 Å². The molecule has 7 nitrogen and oxygen atoms in total. The van der Waals surface area contributed by atoms with Gasteiger partial charge in [-0.1, -0.05) is 50.6 Å². The Morgan fingerprint density at radius 1 is 1.15 bits per heavy atom. The number of halogens is 4. The van der Waals surface area contributed by atoms with Gasteiger partial charge in [-0.05, 0) is 11.6 Å². The monoisotopic (exact) mass is 519 g/mol. The second-order valence-electron chi connectivity index (χ2n) is 8.35. The third-order valence-corrected chi connectivity index (χ3v) is 7.76. The fourth-order valence-corrected chi connectivity index (χ4v) is 5.58. The number of benzene rings is 1. The third-order valence-electron chi connectivity index (χ3n) is 4.62. The van der Waals surface area contributed by atoms with Gasteiger partial charge in [0, 0.05) is 17.2 Å². The van der Waals surface area contributed by atoms with E-state index >= 15 is 0 Å². The van der Waals surface area contributed by atoms with E-state index in [1.807, 2.05) is 20.8 Å². The minimum atomic E-state index is -4.78. The van der Waals surface area contributed by atoms with Gasteiger partial charge in [0.25, 0.3) is 0 Å². The SMILES string of the molecule is CC(C)(C)c1nc(-c2cccc(C(CC(F)(F)F)S(N)(=O)=O)c2Cl)c(-c2ccnc(N)n2)s1. The lowest BCUT2D eigenvalue weighted by atomic mass is 9.98. The van der Waals surface area contributed by atoms with E-state index in [4.69, 9.17) is 22.5 Å². The fourth-order valence-electron chi connectivity index (χ4n) is 3.09. The highest BCUT2D eigenvalue weighted by atomic mass is 35.5. The first-order valence-corrected chi connectivity index (χ1v) is 12.4. The number of anilines is 1. The zero-order valence-corrected chi connectivity index (χ0v) is 20.2. The minimum Gasteiger partial charge on any atom is -0.368 e. The van der Waals surface area contributed by atoms with Crippen molar-refractivity contribution < 1.29 is 21.6 Å². The molecule has 0 aliphatic heterocycles. The predicted molar refractivity (Wildman–Crippen MR) is 123 cm³/mol. The number of nitrogens with two attached hydrogens (primary N) is 2. The van der Waals surface area contributed by atoms with Crippen LogP contribution in [0.5, 0.6) is 0 Å². The molecule has 0 aliphatic rings. The molecule has 3 rings (SSSR count). The molecule has 0 aliphatic carbocycles. The van der Waals surface area contributed by atoms with Crippen molar-refractivity contribution in [3.63, 3.8) is 0 Å². The Morgan fingerprint density at radius 3 is 2.36 bits per heavy atom. The molecule has 1 unspecified atom stereocenters. The van der Waals surface area contributed by atoms with Crippen LogP contribution in [0, 0.1) is 0 Å². The number of sulfonamides is 1. The summed E-state index contributed by atoms with van der Waals surface area (Å²) >= 11 is 7.83. The minimum absolute atomic E-state index is 0.0310. The van der Waals surface area contributed by atoms with Crippen LogP contribution in [0.4, 0.5) is 19.1 Å². The number of thiazole rings is 1. The second kappa shape index (κ2) is 8.82. The summed E-state index contributed by atoms with van der Waals surface area (Å²) in [6, 6.07) is 5.80. The summed E-state index contributed by atoms with van der Waals surface area (Å²) < 4.78 is 63.5. The molecular formula is C20H21ClF3N5O2S2. The zero-order valence-electron chi connectivity index (χ0n) is 17.8. The van der Waals surface area contributed by atoms with E-state index in [-0.39, 0.29) is 27.5 Å². The molecule has 1 atom stereocenters.